The number of hydrogen-bond acceptors (Lipinski definition) is 1. The molecule has 1 aromatic rings. The lowest BCUT2D eigenvalue weighted by Crippen LogP contribution is -2.20. The van der Waals surface area contributed by atoms with Gasteiger partial charge in [0.15, 0.2) is 0 Å². The van der Waals surface area contributed by atoms with Gasteiger partial charge >= 0.3 is 6.30 Å². The van der Waals surface area contributed by atoms with E-state index >= 15 is 0 Å². The minimum atomic E-state index is -4.45. The van der Waals surface area contributed by atoms with Crippen LogP contribution in [0.1, 0.15) is 5.56 Å². The third kappa shape index (κ3) is 3.14. The van der Waals surface area contributed by atoms with Crippen LogP contribution in [0.3, 0.4) is 0 Å². The van der Waals surface area contributed by atoms with Crippen molar-refractivity contribution in [2.24, 2.45) is 0 Å². The number of benzene rings is 1. The Labute approximate surface area is 78.5 Å². The average molecular weight is 210 g/mol. The molecule has 1 rings (SSSR count). The van der Waals surface area contributed by atoms with E-state index in [4.69, 9.17) is 11.6 Å². The van der Waals surface area contributed by atoms with Crippen molar-refractivity contribution in [2.45, 2.75) is 13.2 Å². The highest BCUT2D eigenvalue weighted by atomic mass is 35.5. The van der Waals surface area contributed by atoms with Gasteiger partial charge in [0.25, 0.3) is 0 Å². The van der Waals surface area contributed by atoms with Crippen LogP contribution in [0.2, 0.25) is 5.02 Å². The topological polar surface area (TPSA) is 12.0 Å². The van der Waals surface area contributed by atoms with E-state index in [2.05, 4.69) is 0 Å². The van der Waals surface area contributed by atoms with Gasteiger partial charge in [0.05, 0.1) is 10.7 Å². The zero-order chi connectivity index (χ0) is 10.1. The van der Waals surface area contributed by atoms with Crippen LogP contribution in [0.4, 0.5) is 18.9 Å². The number of aryl methyl sites for hydroxylation is 1. The number of rotatable bonds is 1. The molecular weight excluding hydrogens is 203 g/mol. The van der Waals surface area contributed by atoms with E-state index in [1.165, 1.54) is 17.4 Å². The Morgan fingerprint density at radius 2 is 1.92 bits per heavy atom. The molecule has 13 heavy (non-hydrogen) atoms. The number of halogens is 4. The molecule has 0 aliphatic rings. The molecule has 0 aliphatic carbocycles. The second kappa shape index (κ2) is 3.46. The fourth-order valence-corrected chi connectivity index (χ4v) is 1.05. The zero-order valence-electron chi connectivity index (χ0n) is 6.74. The van der Waals surface area contributed by atoms with Crippen molar-refractivity contribution in [3.8, 4) is 0 Å². The van der Waals surface area contributed by atoms with Gasteiger partial charge in [0.1, 0.15) is 0 Å². The lowest BCUT2D eigenvalue weighted by molar-refractivity contribution is -0.0999. The molecule has 0 radical (unpaired) electrons. The molecule has 0 fully saturated rings. The Balaban J connectivity index is 2.94. The molecule has 0 atom stereocenters. The summed E-state index contributed by atoms with van der Waals surface area (Å²) in [4.78, 5) is 0. The highest BCUT2D eigenvalue weighted by molar-refractivity contribution is 6.33. The molecular formula is C8H7ClF3N. The third-order valence-electron chi connectivity index (χ3n) is 1.40. The van der Waals surface area contributed by atoms with E-state index in [1.54, 1.807) is 13.0 Å². The largest absolute Gasteiger partial charge is 0.482 e. The molecule has 0 aliphatic heterocycles. The first-order chi connectivity index (χ1) is 5.88. The highest BCUT2D eigenvalue weighted by Gasteiger charge is 2.27. The summed E-state index contributed by atoms with van der Waals surface area (Å²) >= 11 is 5.54. The number of nitrogens with one attached hydrogen (secondary N) is 1. The maximum absolute atomic E-state index is 11.9. The third-order valence-corrected chi connectivity index (χ3v) is 1.73. The van der Waals surface area contributed by atoms with E-state index in [-0.39, 0.29) is 10.7 Å². The van der Waals surface area contributed by atoms with Gasteiger partial charge in [-0.25, -0.2) is 0 Å². The molecule has 0 aromatic heterocycles. The van der Waals surface area contributed by atoms with Gasteiger partial charge in [-0.1, -0.05) is 17.7 Å². The Hall–Kier alpha value is -0.900. The molecule has 0 unspecified atom stereocenters. The molecule has 1 aromatic carbocycles. The smallest absolute Gasteiger partial charge is 0.296 e. The Morgan fingerprint density at radius 1 is 1.31 bits per heavy atom. The molecule has 0 spiro atoms. The first kappa shape index (κ1) is 10.2. The van der Waals surface area contributed by atoms with E-state index in [0.29, 0.717) is 0 Å². The summed E-state index contributed by atoms with van der Waals surface area (Å²) in [6, 6.07) is 4.41. The standard InChI is InChI=1S/C8H7ClF3N/c1-5-2-3-6(9)7(4-5)13-8(10,11)12/h2-4,13H,1H3. The van der Waals surface area contributed by atoms with Crippen molar-refractivity contribution in [3.05, 3.63) is 28.8 Å². The van der Waals surface area contributed by atoms with Crippen LogP contribution in [-0.4, -0.2) is 6.30 Å². The monoisotopic (exact) mass is 209 g/mol. The van der Waals surface area contributed by atoms with Crippen LogP contribution in [-0.2, 0) is 0 Å². The summed E-state index contributed by atoms with van der Waals surface area (Å²) in [6.07, 6.45) is -4.45. The number of alkyl halides is 3. The van der Waals surface area contributed by atoms with E-state index in [0.717, 1.165) is 5.56 Å². The molecule has 0 saturated carbocycles. The van der Waals surface area contributed by atoms with Crippen molar-refractivity contribution in [1.82, 2.24) is 0 Å². The van der Waals surface area contributed by atoms with Crippen molar-refractivity contribution in [2.75, 3.05) is 5.32 Å². The van der Waals surface area contributed by atoms with Gasteiger partial charge in [-0.05, 0) is 24.6 Å². The maximum atomic E-state index is 11.9. The Morgan fingerprint density at radius 3 is 2.46 bits per heavy atom. The molecule has 0 saturated heterocycles. The lowest BCUT2D eigenvalue weighted by Gasteiger charge is -2.11. The van der Waals surface area contributed by atoms with Crippen molar-refractivity contribution in [3.63, 3.8) is 0 Å². The van der Waals surface area contributed by atoms with Gasteiger partial charge in [0, 0.05) is 0 Å². The van der Waals surface area contributed by atoms with Gasteiger partial charge < -0.3 is 0 Å². The van der Waals surface area contributed by atoms with Crippen LogP contribution < -0.4 is 5.32 Å². The van der Waals surface area contributed by atoms with Gasteiger partial charge in [0.2, 0.25) is 0 Å². The molecule has 0 amide bonds. The van der Waals surface area contributed by atoms with Crippen LogP contribution >= 0.6 is 11.6 Å². The van der Waals surface area contributed by atoms with Gasteiger partial charge in [-0.15, -0.1) is 0 Å². The number of anilines is 1. The SMILES string of the molecule is Cc1ccc(Cl)c(NC(F)(F)F)c1. The Bertz CT molecular complexity index is 309. The van der Waals surface area contributed by atoms with Crippen molar-refractivity contribution in [1.29, 1.82) is 0 Å². The summed E-state index contributed by atoms with van der Waals surface area (Å²) in [5.74, 6) is 0. The summed E-state index contributed by atoms with van der Waals surface area (Å²) in [5, 5.41) is 1.42. The summed E-state index contributed by atoms with van der Waals surface area (Å²) in [6.45, 7) is 1.69. The quantitative estimate of drug-likeness (QED) is 0.697. The predicted molar refractivity (Wildman–Crippen MR) is 45.9 cm³/mol. The first-order valence-electron chi connectivity index (χ1n) is 3.49. The van der Waals surface area contributed by atoms with Crippen LogP contribution in [0.25, 0.3) is 0 Å². The highest BCUT2D eigenvalue weighted by Crippen LogP contribution is 2.27. The van der Waals surface area contributed by atoms with Crippen LogP contribution in [0.15, 0.2) is 18.2 Å². The van der Waals surface area contributed by atoms with Crippen molar-refractivity contribution < 1.29 is 13.2 Å². The fraction of sp³-hybridized carbons (Fsp3) is 0.250. The number of hydrogen-bond donors (Lipinski definition) is 1. The predicted octanol–water partition coefficient (Wildman–Crippen LogP) is 3.58. The second-order valence-corrected chi connectivity index (χ2v) is 3.01. The fourth-order valence-electron chi connectivity index (χ4n) is 0.888. The Kier molecular flexibility index (Phi) is 2.71. The van der Waals surface area contributed by atoms with E-state index in [1.807, 2.05) is 0 Å². The van der Waals surface area contributed by atoms with Crippen molar-refractivity contribution >= 4 is 17.3 Å². The van der Waals surface area contributed by atoms with Gasteiger partial charge in [-0.3, -0.25) is 5.32 Å². The molecule has 0 bridgehead atoms. The average Bonchev–Trinajstić information content (AvgIpc) is 1.94. The molecule has 1 nitrogen and oxygen atoms in total. The lowest BCUT2D eigenvalue weighted by atomic mass is 10.2. The normalized spacial score (nSPS) is 11.5. The van der Waals surface area contributed by atoms with E-state index < -0.39 is 6.30 Å². The molecule has 5 heteroatoms. The van der Waals surface area contributed by atoms with Gasteiger partial charge in [-0.2, -0.15) is 13.2 Å². The summed E-state index contributed by atoms with van der Waals surface area (Å²) in [5.41, 5.74) is 0.602. The van der Waals surface area contributed by atoms with E-state index in [9.17, 15) is 13.2 Å². The molecule has 1 N–H and O–H groups in total. The first-order valence-corrected chi connectivity index (χ1v) is 3.87. The molecule has 72 valence electrons. The molecule has 0 heterocycles. The second-order valence-electron chi connectivity index (χ2n) is 2.61. The minimum absolute atomic E-state index is 0.0583. The van der Waals surface area contributed by atoms with Crippen LogP contribution in [0, 0.1) is 6.92 Å². The summed E-state index contributed by atoms with van der Waals surface area (Å²) in [7, 11) is 0. The zero-order valence-corrected chi connectivity index (χ0v) is 7.50. The minimum Gasteiger partial charge on any atom is -0.296 e. The summed E-state index contributed by atoms with van der Waals surface area (Å²) < 4.78 is 35.6. The van der Waals surface area contributed by atoms with Crippen LogP contribution in [0.5, 0.6) is 0 Å². The maximum Gasteiger partial charge on any atom is 0.482 e.